The van der Waals surface area contributed by atoms with E-state index in [2.05, 4.69) is 13.8 Å². The molecule has 4 N–H and O–H groups in total. The summed E-state index contributed by atoms with van der Waals surface area (Å²) in [7, 11) is 0. The third-order valence-corrected chi connectivity index (χ3v) is 2.55. The Morgan fingerprint density at radius 3 is 2.38 bits per heavy atom. The molecular weight excluding hydrogens is 207 g/mol. The first kappa shape index (κ1) is 12.6. The molecule has 88 valence electrons. The molecule has 0 aliphatic carbocycles. The minimum absolute atomic E-state index is 0.132. The van der Waals surface area contributed by atoms with Crippen molar-refractivity contribution in [2.24, 2.45) is 11.7 Å². The summed E-state index contributed by atoms with van der Waals surface area (Å²) in [6.07, 6.45) is 0. The molecule has 0 spiro atoms. The van der Waals surface area contributed by atoms with Crippen molar-refractivity contribution in [3.8, 4) is 0 Å². The lowest BCUT2D eigenvalue weighted by Gasteiger charge is -2.18. The second-order valence-corrected chi connectivity index (χ2v) is 4.23. The molecule has 3 nitrogen and oxygen atoms in total. The molecule has 0 saturated carbocycles. The van der Waals surface area contributed by atoms with Crippen molar-refractivity contribution in [3.63, 3.8) is 0 Å². The maximum Gasteiger partial charge on any atom is 0.272 e. The maximum absolute atomic E-state index is 12.8. The molecule has 1 aromatic carbocycles. The maximum atomic E-state index is 12.8. The van der Waals surface area contributed by atoms with Crippen LogP contribution in [0.25, 0.3) is 0 Å². The Labute approximate surface area is 94.8 Å². The third kappa shape index (κ3) is 3.62. The largest absolute Gasteiger partial charge is 0.365 e. The summed E-state index contributed by atoms with van der Waals surface area (Å²) in [5, 5.41) is 1.89. The normalized spacial score (nSPS) is 12.8. The average molecular weight is 225 g/mol. The molecule has 0 radical (unpaired) electrons. The number of halogens is 1. The fraction of sp³-hybridized carbons (Fsp3) is 0.417. The average Bonchev–Trinajstić information content (AvgIpc) is 2.20. The number of rotatable bonds is 5. The van der Waals surface area contributed by atoms with E-state index in [4.69, 9.17) is 5.73 Å². The van der Waals surface area contributed by atoms with Gasteiger partial charge < -0.3 is 11.1 Å². The Morgan fingerprint density at radius 2 is 1.94 bits per heavy atom. The van der Waals surface area contributed by atoms with Crippen LogP contribution in [0.3, 0.4) is 0 Å². The van der Waals surface area contributed by atoms with Gasteiger partial charge in [-0.25, -0.2) is 4.39 Å². The molecule has 0 heterocycles. The zero-order valence-corrected chi connectivity index (χ0v) is 9.61. The summed E-state index contributed by atoms with van der Waals surface area (Å²) in [5.41, 5.74) is 6.12. The van der Waals surface area contributed by atoms with Gasteiger partial charge in [-0.2, -0.15) is 0 Å². The van der Waals surface area contributed by atoms with Crippen LogP contribution < -0.4 is 11.1 Å². The Morgan fingerprint density at radius 1 is 1.38 bits per heavy atom. The van der Waals surface area contributed by atoms with E-state index in [1.807, 2.05) is 5.32 Å². The fourth-order valence-corrected chi connectivity index (χ4v) is 1.72. The predicted octanol–water partition coefficient (Wildman–Crippen LogP) is 0.572. The number of nitrogens with two attached hydrogens (primary N) is 2. The summed E-state index contributed by atoms with van der Waals surface area (Å²) in [6, 6.07) is 6.49. The minimum atomic E-state index is -0.340. The van der Waals surface area contributed by atoms with Crippen molar-refractivity contribution >= 4 is 5.91 Å². The summed E-state index contributed by atoms with van der Waals surface area (Å²) < 4.78 is 12.8. The van der Waals surface area contributed by atoms with Gasteiger partial charge in [0.2, 0.25) is 0 Å². The summed E-state index contributed by atoms with van der Waals surface area (Å²) in [4.78, 5) is 10.7. The predicted molar refractivity (Wildman–Crippen MR) is 60.0 cm³/mol. The van der Waals surface area contributed by atoms with Gasteiger partial charge >= 0.3 is 0 Å². The van der Waals surface area contributed by atoms with Crippen LogP contribution in [0.4, 0.5) is 4.39 Å². The highest BCUT2D eigenvalue weighted by Gasteiger charge is 2.19. The van der Waals surface area contributed by atoms with Crippen LogP contribution in [-0.4, -0.2) is 12.5 Å². The lowest BCUT2D eigenvalue weighted by Crippen LogP contribution is -2.88. The highest BCUT2D eigenvalue weighted by atomic mass is 19.1. The molecule has 0 saturated heterocycles. The zero-order valence-electron chi connectivity index (χ0n) is 9.61. The summed E-state index contributed by atoms with van der Waals surface area (Å²) >= 11 is 0. The van der Waals surface area contributed by atoms with Gasteiger partial charge in [0.25, 0.3) is 5.91 Å². The quantitative estimate of drug-likeness (QED) is 0.756. The van der Waals surface area contributed by atoms with Gasteiger partial charge in [-0.3, -0.25) is 4.79 Å². The molecule has 0 aromatic heterocycles. The highest BCUT2D eigenvalue weighted by Crippen LogP contribution is 2.17. The van der Waals surface area contributed by atoms with Crippen molar-refractivity contribution in [1.29, 1.82) is 0 Å². The van der Waals surface area contributed by atoms with Gasteiger partial charge in [-0.1, -0.05) is 26.0 Å². The van der Waals surface area contributed by atoms with Crippen molar-refractivity contribution < 1.29 is 14.5 Å². The van der Waals surface area contributed by atoms with Crippen molar-refractivity contribution in [3.05, 3.63) is 35.6 Å². The van der Waals surface area contributed by atoms with Gasteiger partial charge in [-0.15, -0.1) is 0 Å². The molecule has 0 aliphatic rings. The van der Waals surface area contributed by atoms with Crippen LogP contribution in [0, 0.1) is 11.7 Å². The van der Waals surface area contributed by atoms with Gasteiger partial charge in [0.15, 0.2) is 6.54 Å². The van der Waals surface area contributed by atoms with E-state index in [-0.39, 0.29) is 24.3 Å². The van der Waals surface area contributed by atoms with E-state index in [9.17, 15) is 9.18 Å². The molecule has 4 heteroatoms. The first-order chi connectivity index (χ1) is 7.50. The summed E-state index contributed by atoms with van der Waals surface area (Å²) in [6.45, 7) is 4.37. The first-order valence-corrected chi connectivity index (χ1v) is 5.37. The van der Waals surface area contributed by atoms with Crippen molar-refractivity contribution in [2.45, 2.75) is 19.9 Å². The van der Waals surface area contributed by atoms with E-state index in [1.165, 1.54) is 12.1 Å². The fourth-order valence-electron chi connectivity index (χ4n) is 1.72. The minimum Gasteiger partial charge on any atom is -0.365 e. The number of carbonyl (C=O) groups is 1. The van der Waals surface area contributed by atoms with Crippen LogP contribution in [0.1, 0.15) is 25.5 Å². The van der Waals surface area contributed by atoms with Crippen LogP contribution in [0.2, 0.25) is 0 Å². The lowest BCUT2D eigenvalue weighted by atomic mass is 9.96. The lowest BCUT2D eigenvalue weighted by molar-refractivity contribution is -0.692. The third-order valence-electron chi connectivity index (χ3n) is 2.55. The number of quaternary nitrogens is 1. The van der Waals surface area contributed by atoms with E-state index in [0.29, 0.717) is 5.92 Å². The van der Waals surface area contributed by atoms with Gasteiger partial charge in [0.1, 0.15) is 11.9 Å². The van der Waals surface area contributed by atoms with Crippen LogP contribution in [-0.2, 0) is 4.79 Å². The summed E-state index contributed by atoms with van der Waals surface area (Å²) in [5.74, 6) is -0.237. The van der Waals surface area contributed by atoms with E-state index >= 15 is 0 Å². The molecule has 16 heavy (non-hydrogen) atoms. The smallest absolute Gasteiger partial charge is 0.272 e. The first-order valence-electron chi connectivity index (χ1n) is 5.37. The van der Waals surface area contributed by atoms with Crippen molar-refractivity contribution in [1.82, 2.24) is 0 Å². The number of hydrogen-bond acceptors (Lipinski definition) is 1. The van der Waals surface area contributed by atoms with Gasteiger partial charge in [0, 0.05) is 11.5 Å². The van der Waals surface area contributed by atoms with Gasteiger partial charge in [0.05, 0.1) is 0 Å². The van der Waals surface area contributed by atoms with E-state index < -0.39 is 0 Å². The molecule has 1 rings (SSSR count). The van der Waals surface area contributed by atoms with Gasteiger partial charge in [-0.05, 0) is 12.1 Å². The standard InChI is InChI=1S/C12H17FN2O/c1-8(2)12(15-7-11(14)16)9-3-5-10(13)6-4-9/h3-6,8,12,15H,7H2,1-2H3,(H2,14,16)/p+1/t12-/m1/s1. The Balaban J connectivity index is 2.77. The van der Waals surface area contributed by atoms with Crippen LogP contribution in [0.5, 0.6) is 0 Å². The molecule has 0 aliphatic heterocycles. The monoisotopic (exact) mass is 225 g/mol. The molecule has 0 unspecified atom stereocenters. The van der Waals surface area contributed by atoms with E-state index in [1.54, 1.807) is 12.1 Å². The SMILES string of the molecule is CC(C)[C@@H]([NH2+]CC(N)=O)c1ccc(F)cc1. The molecule has 1 amide bonds. The van der Waals surface area contributed by atoms with Crippen LogP contribution in [0.15, 0.2) is 24.3 Å². The zero-order chi connectivity index (χ0) is 12.1. The second kappa shape index (κ2) is 5.61. The molecule has 1 atom stereocenters. The number of primary amides is 1. The highest BCUT2D eigenvalue weighted by molar-refractivity contribution is 5.74. The Bertz CT molecular complexity index is 349. The Kier molecular flexibility index (Phi) is 4.43. The molecule has 0 bridgehead atoms. The second-order valence-electron chi connectivity index (χ2n) is 4.23. The molecule has 0 fully saturated rings. The number of amides is 1. The molecule has 1 aromatic rings. The number of carbonyl (C=O) groups excluding carboxylic acids is 1. The van der Waals surface area contributed by atoms with Crippen LogP contribution >= 0.6 is 0 Å². The topological polar surface area (TPSA) is 59.7 Å². The number of benzene rings is 1. The Hall–Kier alpha value is -1.42. The van der Waals surface area contributed by atoms with E-state index in [0.717, 1.165) is 5.56 Å². The number of hydrogen-bond donors (Lipinski definition) is 2. The van der Waals surface area contributed by atoms with Crippen molar-refractivity contribution in [2.75, 3.05) is 6.54 Å². The molecular formula is C12H18FN2O+.